The summed E-state index contributed by atoms with van der Waals surface area (Å²) in [5.41, 5.74) is 3.46. The average Bonchev–Trinajstić information content (AvgIpc) is 3.03. The molecule has 0 amide bonds. The number of nitrogens with zero attached hydrogens (tertiary/aromatic N) is 2. The minimum atomic E-state index is 0.583. The summed E-state index contributed by atoms with van der Waals surface area (Å²) in [5, 5.41) is 2.38. The van der Waals surface area contributed by atoms with Crippen LogP contribution in [-0.2, 0) is 6.54 Å². The predicted molar refractivity (Wildman–Crippen MR) is 115 cm³/mol. The molecule has 1 saturated heterocycles. The summed E-state index contributed by atoms with van der Waals surface area (Å²) in [5.74, 6) is 0. The number of fused-ring (bicyclic) bond motifs is 1. The molecule has 0 aliphatic carbocycles. The third-order valence-electron chi connectivity index (χ3n) is 5.00. The zero-order valence-corrected chi connectivity index (χ0v) is 16.7. The lowest BCUT2D eigenvalue weighted by molar-refractivity contribution is 0.348. The number of hydrogen-bond donors (Lipinski definition) is 0. The van der Waals surface area contributed by atoms with Crippen molar-refractivity contribution in [2.45, 2.75) is 25.8 Å². The molecule has 0 N–H and O–H groups in total. The Morgan fingerprint density at radius 1 is 0.962 bits per heavy atom. The SMILES string of the molecule is S=C(c1cn(Cc2ccc(Cl)c(Cl)c2)c2ccccc12)N1CCCCC1. The van der Waals surface area contributed by atoms with Crippen molar-refractivity contribution in [3.05, 3.63) is 69.8 Å². The lowest BCUT2D eigenvalue weighted by atomic mass is 10.1. The molecule has 0 spiro atoms. The van der Waals surface area contributed by atoms with Crippen LogP contribution in [-0.4, -0.2) is 27.5 Å². The average molecular weight is 403 g/mol. The fourth-order valence-corrected chi connectivity index (χ4v) is 4.32. The van der Waals surface area contributed by atoms with E-state index in [1.165, 1.54) is 30.2 Å². The van der Waals surface area contributed by atoms with Gasteiger partial charge in [-0.2, -0.15) is 0 Å². The summed E-state index contributed by atoms with van der Waals surface area (Å²) < 4.78 is 2.25. The predicted octanol–water partition coefficient (Wildman–Crippen LogP) is 6.16. The van der Waals surface area contributed by atoms with Crippen LogP contribution < -0.4 is 0 Å². The van der Waals surface area contributed by atoms with Gasteiger partial charge in [0.15, 0.2) is 0 Å². The summed E-state index contributed by atoms with van der Waals surface area (Å²) in [6, 6.07) is 14.3. The minimum absolute atomic E-state index is 0.583. The normalized spacial score (nSPS) is 14.8. The molecular formula is C21H20Cl2N2S. The van der Waals surface area contributed by atoms with E-state index < -0.39 is 0 Å². The standard InChI is InChI=1S/C21H20Cl2N2S/c22-18-9-8-15(12-19(18)23)13-25-14-17(16-6-2-3-7-20(16)25)21(26)24-10-4-1-5-11-24/h2-3,6-9,12,14H,1,4-5,10-11,13H2. The Bertz CT molecular complexity index is 958. The molecule has 134 valence electrons. The van der Waals surface area contributed by atoms with E-state index in [2.05, 4.69) is 39.9 Å². The summed E-state index contributed by atoms with van der Waals surface area (Å²) in [6.07, 6.45) is 5.94. The number of thiocarbonyl (C=S) groups is 1. The number of para-hydroxylation sites is 1. The maximum atomic E-state index is 6.19. The zero-order valence-electron chi connectivity index (χ0n) is 14.4. The van der Waals surface area contributed by atoms with Crippen molar-refractivity contribution in [3.8, 4) is 0 Å². The summed E-state index contributed by atoms with van der Waals surface area (Å²) >= 11 is 18.1. The van der Waals surface area contributed by atoms with Crippen LogP contribution in [0.25, 0.3) is 10.9 Å². The van der Waals surface area contributed by atoms with Crippen LogP contribution in [0.5, 0.6) is 0 Å². The van der Waals surface area contributed by atoms with Gasteiger partial charge in [0.2, 0.25) is 0 Å². The first kappa shape index (κ1) is 17.8. The Morgan fingerprint density at radius 3 is 2.50 bits per heavy atom. The smallest absolute Gasteiger partial charge is 0.111 e. The highest BCUT2D eigenvalue weighted by molar-refractivity contribution is 7.80. The maximum Gasteiger partial charge on any atom is 0.111 e. The fourth-order valence-electron chi connectivity index (χ4n) is 3.65. The topological polar surface area (TPSA) is 8.17 Å². The molecule has 2 heterocycles. The monoisotopic (exact) mass is 402 g/mol. The van der Waals surface area contributed by atoms with Gasteiger partial charge in [-0.15, -0.1) is 0 Å². The van der Waals surface area contributed by atoms with Gasteiger partial charge in [-0.1, -0.05) is 59.7 Å². The molecule has 0 unspecified atom stereocenters. The Hall–Kier alpha value is -1.55. The van der Waals surface area contributed by atoms with Crippen LogP contribution in [0.1, 0.15) is 30.4 Å². The molecule has 1 aromatic heterocycles. The first-order valence-corrected chi connectivity index (χ1v) is 10.1. The van der Waals surface area contributed by atoms with Crippen LogP contribution in [0.4, 0.5) is 0 Å². The van der Waals surface area contributed by atoms with Gasteiger partial charge in [-0.3, -0.25) is 0 Å². The van der Waals surface area contributed by atoms with E-state index in [0.29, 0.717) is 10.0 Å². The second-order valence-corrected chi connectivity index (χ2v) is 7.99. The molecule has 0 atom stereocenters. The lowest BCUT2D eigenvalue weighted by Gasteiger charge is -2.28. The lowest BCUT2D eigenvalue weighted by Crippen LogP contribution is -2.34. The number of rotatable bonds is 3. The van der Waals surface area contributed by atoms with Crippen molar-refractivity contribution in [1.29, 1.82) is 0 Å². The molecule has 2 aromatic carbocycles. The van der Waals surface area contributed by atoms with Crippen molar-refractivity contribution in [2.24, 2.45) is 0 Å². The van der Waals surface area contributed by atoms with E-state index in [4.69, 9.17) is 35.4 Å². The van der Waals surface area contributed by atoms with Gasteiger partial charge >= 0.3 is 0 Å². The van der Waals surface area contributed by atoms with Gasteiger partial charge in [0.25, 0.3) is 0 Å². The fraction of sp³-hybridized carbons (Fsp3) is 0.286. The van der Waals surface area contributed by atoms with Gasteiger partial charge < -0.3 is 9.47 Å². The van der Waals surface area contributed by atoms with Crippen LogP contribution in [0.15, 0.2) is 48.7 Å². The molecule has 1 fully saturated rings. The number of piperidine rings is 1. The first-order valence-electron chi connectivity index (χ1n) is 8.94. The van der Waals surface area contributed by atoms with Crippen LogP contribution >= 0.6 is 35.4 Å². The largest absolute Gasteiger partial charge is 0.362 e. The van der Waals surface area contributed by atoms with Crippen LogP contribution in [0.2, 0.25) is 10.0 Å². The number of halogens is 2. The van der Waals surface area contributed by atoms with E-state index in [9.17, 15) is 0 Å². The molecule has 3 aromatic rings. The van der Waals surface area contributed by atoms with Gasteiger partial charge in [0.1, 0.15) is 4.99 Å². The van der Waals surface area contributed by atoms with Crippen molar-refractivity contribution >= 4 is 51.3 Å². The first-order chi connectivity index (χ1) is 12.6. The van der Waals surface area contributed by atoms with E-state index in [1.807, 2.05) is 18.2 Å². The van der Waals surface area contributed by atoms with Crippen molar-refractivity contribution in [2.75, 3.05) is 13.1 Å². The molecule has 4 rings (SSSR count). The number of likely N-dealkylation sites (tertiary alicyclic amines) is 1. The van der Waals surface area contributed by atoms with E-state index in [0.717, 1.165) is 35.7 Å². The Labute approximate surface area is 169 Å². The van der Waals surface area contributed by atoms with E-state index >= 15 is 0 Å². The molecule has 26 heavy (non-hydrogen) atoms. The highest BCUT2D eigenvalue weighted by atomic mass is 35.5. The number of benzene rings is 2. The molecular weight excluding hydrogens is 383 g/mol. The quantitative estimate of drug-likeness (QED) is 0.484. The summed E-state index contributed by atoms with van der Waals surface area (Å²) in [7, 11) is 0. The van der Waals surface area contributed by atoms with Gasteiger partial charge in [-0.05, 0) is 43.0 Å². The minimum Gasteiger partial charge on any atom is -0.362 e. The molecule has 0 radical (unpaired) electrons. The maximum absolute atomic E-state index is 6.19. The number of hydrogen-bond acceptors (Lipinski definition) is 1. The molecule has 1 aliphatic heterocycles. The third kappa shape index (κ3) is 3.48. The third-order valence-corrected chi connectivity index (χ3v) is 6.22. The van der Waals surface area contributed by atoms with E-state index in [1.54, 1.807) is 0 Å². The Kier molecular flexibility index (Phi) is 5.21. The van der Waals surface area contributed by atoms with Crippen molar-refractivity contribution < 1.29 is 0 Å². The van der Waals surface area contributed by atoms with Crippen LogP contribution in [0.3, 0.4) is 0 Å². The molecule has 0 bridgehead atoms. The molecule has 1 aliphatic rings. The summed E-state index contributed by atoms with van der Waals surface area (Å²) in [6.45, 7) is 2.86. The van der Waals surface area contributed by atoms with Crippen molar-refractivity contribution in [1.82, 2.24) is 9.47 Å². The van der Waals surface area contributed by atoms with Gasteiger partial charge in [0, 0.05) is 42.3 Å². The highest BCUT2D eigenvalue weighted by Crippen LogP contribution is 2.27. The molecule has 0 saturated carbocycles. The second-order valence-electron chi connectivity index (χ2n) is 6.79. The number of aromatic nitrogens is 1. The van der Waals surface area contributed by atoms with Crippen LogP contribution in [0, 0.1) is 0 Å². The second kappa shape index (κ2) is 7.59. The van der Waals surface area contributed by atoms with Crippen molar-refractivity contribution in [3.63, 3.8) is 0 Å². The Balaban J connectivity index is 1.71. The van der Waals surface area contributed by atoms with E-state index in [-0.39, 0.29) is 0 Å². The highest BCUT2D eigenvalue weighted by Gasteiger charge is 2.19. The zero-order chi connectivity index (χ0) is 18.1. The van der Waals surface area contributed by atoms with Gasteiger partial charge in [-0.25, -0.2) is 0 Å². The molecule has 2 nitrogen and oxygen atoms in total. The summed E-state index contributed by atoms with van der Waals surface area (Å²) in [4.78, 5) is 3.32. The molecule has 5 heteroatoms. The van der Waals surface area contributed by atoms with Gasteiger partial charge in [0.05, 0.1) is 10.0 Å². The Morgan fingerprint density at radius 2 is 1.73 bits per heavy atom.